The fraction of sp³-hybridized carbons (Fsp3) is 0.490. The topological polar surface area (TPSA) is 234 Å². The van der Waals surface area contributed by atoms with Crippen molar-refractivity contribution in [1.82, 2.24) is 35.0 Å². The number of phenolic OH excluding ortho intramolecular Hbond substituents is 1. The van der Waals surface area contributed by atoms with E-state index >= 15 is 0 Å². The molecule has 1 aliphatic carbocycles. The third-order valence-electron chi connectivity index (χ3n) is 14.4. The normalized spacial score (nSPS) is 20.6. The molecule has 3 saturated heterocycles. The quantitative estimate of drug-likeness (QED) is 0.0656. The lowest BCUT2D eigenvalue weighted by Crippen LogP contribution is -2.48. The maximum atomic E-state index is 14.4. The Balaban J connectivity index is 0.786. The highest BCUT2D eigenvalue weighted by molar-refractivity contribution is 7.13. The van der Waals surface area contributed by atoms with E-state index < -0.39 is 18.1 Å². The number of aromatic nitrogens is 4. The number of nitrogens with two attached hydrogens (primary N) is 2. The van der Waals surface area contributed by atoms with Crippen LogP contribution in [-0.4, -0.2) is 109 Å². The Morgan fingerprint density at radius 1 is 0.971 bits per heavy atom. The van der Waals surface area contributed by atoms with Crippen LogP contribution in [0.5, 0.6) is 5.75 Å². The molecule has 3 aliphatic heterocycles. The number of aromatic hydroxyl groups is 1. The summed E-state index contributed by atoms with van der Waals surface area (Å²) < 4.78 is 7.84. The van der Waals surface area contributed by atoms with Gasteiger partial charge in [-0.25, -0.2) is 4.98 Å². The number of amides is 3. The number of aryl methyl sites for hydroxylation is 1. The first kappa shape index (κ1) is 47.8. The molecule has 3 amide bonds. The number of para-hydroxylation sites is 1. The largest absolute Gasteiger partial charge is 0.507 e. The van der Waals surface area contributed by atoms with Crippen LogP contribution in [0.1, 0.15) is 112 Å². The Kier molecular flexibility index (Phi) is 14.1. The number of thiazole rings is 1. The molecular weight excluding hydrogens is 895 g/mol. The third kappa shape index (κ3) is 10.5. The number of nitrogens with one attached hydrogen (secondary N) is 2. The van der Waals surface area contributed by atoms with Crippen molar-refractivity contribution in [2.24, 2.45) is 23.5 Å². The molecule has 1 saturated carbocycles. The maximum Gasteiger partial charge on any atom is 0.243 e. The number of β-amino-alcohol motifs (C(OH)–C–C–N with tert-alkyl or cyclic N) is 1. The van der Waals surface area contributed by atoms with Crippen molar-refractivity contribution in [3.63, 3.8) is 0 Å². The number of rotatable bonds is 15. The van der Waals surface area contributed by atoms with E-state index in [2.05, 4.69) is 30.6 Å². The summed E-state index contributed by atoms with van der Waals surface area (Å²) in [4.78, 5) is 52.7. The molecule has 4 atom stereocenters. The minimum absolute atomic E-state index is 0.00549. The standard InChI is InChI=1S/C51H65N11O6S/c1-29(2)45(51(67)61-27-37(63)23-41(61)50(66)55-30(3)33-9-11-34(12-10-33)47-31(4)54-28-69-47)43-25-44(58-68-43)60-21-15-32(16-22-60)26-59-19-17-36(18-20-59)62-40(24-39(52)38-7-5-6-8-42(38)64)46(53)48(57-62)56-49(65)35-13-14-35/h5-12,24-25,28-30,32,35-37,41,45,63-64H,13-23,26-27,52-53H2,1-4H3,(H,55,66)(H,56,57,65)/b39-24-/t30-,37+,41-,45?/m0/s1. The summed E-state index contributed by atoms with van der Waals surface area (Å²) in [7, 11) is 0. The summed E-state index contributed by atoms with van der Waals surface area (Å²) in [5, 5.41) is 36.6. The van der Waals surface area contributed by atoms with Gasteiger partial charge in [0.2, 0.25) is 17.7 Å². The van der Waals surface area contributed by atoms with Crippen molar-refractivity contribution < 1.29 is 29.1 Å². The van der Waals surface area contributed by atoms with Crippen LogP contribution in [0.4, 0.5) is 17.3 Å². The van der Waals surface area contributed by atoms with Gasteiger partial charge in [0.1, 0.15) is 23.4 Å². The molecule has 0 spiro atoms. The number of phenols is 1. The van der Waals surface area contributed by atoms with E-state index in [1.165, 1.54) is 4.90 Å². The van der Waals surface area contributed by atoms with Gasteiger partial charge in [-0.15, -0.1) is 11.3 Å². The SMILES string of the molecule is Cc1ncsc1-c1ccc([C@H](C)NC(=O)[C@@H]2C[C@@H](O)CN2C(=O)C(c2cc(N3CCC(CN4CCC(n5nc(NC(=O)C6CC6)c(N)c5/C=C(\N)c5ccccc5O)CC4)CC3)no2)C(C)C)cc1. The van der Waals surface area contributed by atoms with Gasteiger partial charge in [0.25, 0.3) is 0 Å². The Morgan fingerprint density at radius 2 is 1.70 bits per heavy atom. The predicted octanol–water partition coefficient (Wildman–Crippen LogP) is 6.53. The lowest BCUT2D eigenvalue weighted by atomic mass is 9.91. The second-order valence-corrected chi connectivity index (χ2v) is 20.6. The van der Waals surface area contributed by atoms with Crippen molar-refractivity contribution in [3.05, 3.63) is 88.4 Å². The summed E-state index contributed by atoms with van der Waals surface area (Å²) in [6.07, 6.45) is 6.45. The Hall–Kier alpha value is -6.24. The van der Waals surface area contributed by atoms with Crippen molar-refractivity contribution >= 4 is 58.2 Å². The highest BCUT2D eigenvalue weighted by Crippen LogP contribution is 2.38. The van der Waals surface area contributed by atoms with Gasteiger partial charge in [-0.2, -0.15) is 5.10 Å². The van der Waals surface area contributed by atoms with E-state index in [4.69, 9.17) is 21.1 Å². The Morgan fingerprint density at radius 3 is 2.36 bits per heavy atom. The van der Waals surface area contributed by atoms with Crippen LogP contribution in [0.2, 0.25) is 0 Å². The van der Waals surface area contributed by atoms with Gasteiger partial charge in [0.15, 0.2) is 17.4 Å². The number of hydrogen-bond acceptors (Lipinski definition) is 14. The van der Waals surface area contributed by atoms with Crippen LogP contribution in [0.25, 0.3) is 22.2 Å². The lowest BCUT2D eigenvalue weighted by Gasteiger charge is -2.37. The number of nitrogen functional groups attached to an aromatic ring is 1. The van der Waals surface area contributed by atoms with Crippen LogP contribution in [-0.2, 0) is 14.4 Å². The molecule has 3 aromatic heterocycles. The Labute approximate surface area is 406 Å². The number of carbonyl (C=O) groups is 3. The third-order valence-corrected chi connectivity index (χ3v) is 15.4. The molecule has 5 aromatic rings. The van der Waals surface area contributed by atoms with Gasteiger partial charge < -0.3 is 51.5 Å². The number of nitrogens with zero attached hydrogens (tertiary/aromatic N) is 7. The maximum absolute atomic E-state index is 14.4. The molecule has 366 valence electrons. The molecule has 4 fully saturated rings. The number of likely N-dealkylation sites (tertiary alicyclic amines) is 2. The molecule has 9 rings (SSSR count). The summed E-state index contributed by atoms with van der Waals surface area (Å²) in [5.41, 5.74) is 19.8. The molecule has 69 heavy (non-hydrogen) atoms. The smallest absolute Gasteiger partial charge is 0.243 e. The van der Waals surface area contributed by atoms with Crippen molar-refractivity contribution in [1.29, 1.82) is 0 Å². The second kappa shape index (κ2) is 20.4. The van der Waals surface area contributed by atoms with Crippen LogP contribution in [0, 0.1) is 24.7 Å². The van der Waals surface area contributed by atoms with Crippen molar-refractivity contribution in [2.45, 2.75) is 103 Å². The molecule has 1 unspecified atom stereocenters. The average Bonchev–Trinajstić information content (AvgIpc) is 3.56. The summed E-state index contributed by atoms with van der Waals surface area (Å²) in [6, 6.07) is 15.7. The minimum atomic E-state index is -0.819. The van der Waals surface area contributed by atoms with E-state index in [1.54, 1.807) is 35.6 Å². The number of benzene rings is 2. The molecule has 0 radical (unpaired) electrons. The summed E-state index contributed by atoms with van der Waals surface area (Å²) in [5.74, 6) is 0.588. The zero-order valence-corrected chi connectivity index (χ0v) is 40.7. The van der Waals surface area contributed by atoms with Gasteiger partial charge in [-0.05, 0) is 93.5 Å². The molecule has 8 N–H and O–H groups in total. The molecule has 2 aromatic carbocycles. The van der Waals surface area contributed by atoms with Crippen LogP contribution in [0.3, 0.4) is 0 Å². The molecule has 6 heterocycles. The fourth-order valence-electron chi connectivity index (χ4n) is 10.2. The van der Waals surface area contributed by atoms with Gasteiger partial charge in [-0.1, -0.05) is 55.4 Å². The van der Waals surface area contributed by atoms with Crippen LogP contribution in [0.15, 0.2) is 64.6 Å². The summed E-state index contributed by atoms with van der Waals surface area (Å²) >= 11 is 1.59. The number of aliphatic hydroxyl groups is 1. The van der Waals surface area contributed by atoms with Gasteiger partial charge in [-0.3, -0.25) is 19.1 Å². The first-order chi connectivity index (χ1) is 33.2. The average molecular weight is 960 g/mol. The lowest BCUT2D eigenvalue weighted by molar-refractivity contribution is -0.141. The number of aliphatic hydroxyl groups excluding tert-OH is 1. The molecule has 18 heteroatoms. The van der Waals surface area contributed by atoms with E-state index in [-0.39, 0.29) is 60.4 Å². The van der Waals surface area contributed by atoms with E-state index in [0.29, 0.717) is 46.0 Å². The number of hydrogen-bond donors (Lipinski definition) is 6. The first-order valence-corrected chi connectivity index (χ1v) is 25.3. The van der Waals surface area contributed by atoms with Crippen LogP contribution >= 0.6 is 11.3 Å². The van der Waals surface area contributed by atoms with E-state index in [0.717, 1.165) is 92.9 Å². The fourth-order valence-corrected chi connectivity index (χ4v) is 11.0. The highest BCUT2D eigenvalue weighted by Gasteiger charge is 2.44. The zero-order chi connectivity index (χ0) is 48.5. The summed E-state index contributed by atoms with van der Waals surface area (Å²) in [6.45, 7) is 12.2. The molecule has 0 bridgehead atoms. The van der Waals surface area contributed by atoms with Crippen LogP contribution < -0.4 is 27.0 Å². The number of anilines is 3. The zero-order valence-electron chi connectivity index (χ0n) is 39.9. The monoisotopic (exact) mass is 959 g/mol. The van der Waals surface area contributed by atoms with Crippen molar-refractivity contribution in [2.75, 3.05) is 55.2 Å². The van der Waals surface area contributed by atoms with Gasteiger partial charge >= 0.3 is 0 Å². The van der Waals surface area contributed by atoms with E-state index in [9.17, 15) is 24.6 Å². The molecular formula is C51H65N11O6S. The first-order valence-electron chi connectivity index (χ1n) is 24.4. The number of piperidine rings is 2. The molecule has 17 nitrogen and oxygen atoms in total. The minimum Gasteiger partial charge on any atom is -0.507 e. The van der Waals surface area contributed by atoms with E-state index in [1.807, 2.05) is 74.3 Å². The predicted molar refractivity (Wildman–Crippen MR) is 267 cm³/mol. The second-order valence-electron chi connectivity index (χ2n) is 19.8. The molecule has 4 aliphatic rings. The Bertz CT molecular complexity index is 2660. The highest BCUT2D eigenvalue weighted by atomic mass is 32.1. The number of carbonyl (C=O) groups excluding carboxylic acids is 3. The van der Waals surface area contributed by atoms with Gasteiger partial charge in [0.05, 0.1) is 40.0 Å². The van der Waals surface area contributed by atoms with Gasteiger partial charge in [0, 0.05) is 68.9 Å². The van der Waals surface area contributed by atoms with Crippen molar-refractivity contribution in [3.8, 4) is 16.2 Å².